The predicted molar refractivity (Wildman–Crippen MR) is 88.4 cm³/mol. The van der Waals surface area contributed by atoms with Crippen LogP contribution in [0.25, 0.3) is 0 Å². The number of para-hydroxylation sites is 1. The number of hydrogen-bond acceptors (Lipinski definition) is 4. The van der Waals surface area contributed by atoms with Gasteiger partial charge in [-0.05, 0) is 44.7 Å². The Labute approximate surface area is 130 Å². The van der Waals surface area contributed by atoms with Crippen molar-refractivity contribution < 1.29 is 8.42 Å². The molecule has 2 N–H and O–H groups in total. The van der Waals surface area contributed by atoms with Gasteiger partial charge in [0.1, 0.15) is 4.90 Å². The molecule has 2 rings (SSSR count). The van der Waals surface area contributed by atoms with Crippen molar-refractivity contribution in [3.63, 3.8) is 0 Å². The van der Waals surface area contributed by atoms with Gasteiger partial charge in [0.05, 0.1) is 11.7 Å². The lowest BCUT2D eigenvalue weighted by Crippen LogP contribution is -2.20. The summed E-state index contributed by atoms with van der Waals surface area (Å²) in [6, 6.07) is 11.2. The van der Waals surface area contributed by atoms with Gasteiger partial charge in [0.15, 0.2) is 0 Å². The van der Waals surface area contributed by atoms with E-state index in [0.29, 0.717) is 5.69 Å². The number of anilines is 1. The second kappa shape index (κ2) is 6.60. The maximum absolute atomic E-state index is 12.0. The van der Waals surface area contributed by atoms with E-state index >= 15 is 0 Å². The minimum absolute atomic E-state index is 0.0588. The zero-order chi connectivity index (χ0) is 15.5. The standard InChI is InChI=1S/C15H20N2O2S2/c1-4-12-9-10-14(20-12)11(2)17-13-7-5-6-8-15(13)21(18,19)16-3/h5-11,16-17H,4H2,1-3H3. The van der Waals surface area contributed by atoms with Gasteiger partial charge in [-0.1, -0.05) is 19.1 Å². The summed E-state index contributed by atoms with van der Waals surface area (Å²) in [6.07, 6.45) is 1.02. The molecule has 0 radical (unpaired) electrons. The van der Waals surface area contributed by atoms with Crippen molar-refractivity contribution in [1.82, 2.24) is 4.72 Å². The van der Waals surface area contributed by atoms with Crippen molar-refractivity contribution in [2.45, 2.75) is 31.2 Å². The number of hydrogen-bond donors (Lipinski definition) is 2. The van der Waals surface area contributed by atoms with Crippen LogP contribution in [0.3, 0.4) is 0 Å². The molecule has 1 heterocycles. The van der Waals surface area contributed by atoms with Gasteiger partial charge in [0.2, 0.25) is 10.0 Å². The van der Waals surface area contributed by atoms with Crippen molar-refractivity contribution in [3.8, 4) is 0 Å². The molecule has 0 bridgehead atoms. The first-order valence-corrected chi connectivity index (χ1v) is 9.15. The number of thiophene rings is 1. The van der Waals surface area contributed by atoms with Crippen LogP contribution in [0.5, 0.6) is 0 Å². The van der Waals surface area contributed by atoms with Crippen LogP contribution in [0.2, 0.25) is 0 Å². The molecule has 4 nitrogen and oxygen atoms in total. The van der Waals surface area contributed by atoms with Crippen molar-refractivity contribution in [2.75, 3.05) is 12.4 Å². The highest BCUT2D eigenvalue weighted by Crippen LogP contribution is 2.29. The van der Waals surface area contributed by atoms with Crippen LogP contribution in [0, 0.1) is 0 Å². The highest BCUT2D eigenvalue weighted by molar-refractivity contribution is 7.89. The van der Waals surface area contributed by atoms with E-state index in [9.17, 15) is 8.42 Å². The normalized spacial score (nSPS) is 13.1. The van der Waals surface area contributed by atoms with Crippen molar-refractivity contribution in [2.24, 2.45) is 0 Å². The van der Waals surface area contributed by atoms with Crippen LogP contribution in [0.15, 0.2) is 41.3 Å². The molecule has 1 aromatic carbocycles. The molecule has 1 atom stereocenters. The van der Waals surface area contributed by atoms with E-state index in [2.05, 4.69) is 29.1 Å². The highest BCUT2D eigenvalue weighted by atomic mass is 32.2. The predicted octanol–water partition coefficient (Wildman–Crippen LogP) is 3.39. The van der Waals surface area contributed by atoms with E-state index in [1.54, 1.807) is 29.5 Å². The third-order valence-electron chi connectivity index (χ3n) is 3.27. The van der Waals surface area contributed by atoms with E-state index < -0.39 is 10.0 Å². The smallest absolute Gasteiger partial charge is 0.242 e. The van der Waals surface area contributed by atoms with Gasteiger partial charge in [-0.3, -0.25) is 0 Å². The molecule has 1 unspecified atom stereocenters. The van der Waals surface area contributed by atoms with Crippen LogP contribution in [0.4, 0.5) is 5.69 Å². The van der Waals surface area contributed by atoms with Gasteiger partial charge < -0.3 is 5.32 Å². The van der Waals surface area contributed by atoms with Gasteiger partial charge >= 0.3 is 0 Å². The quantitative estimate of drug-likeness (QED) is 0.856. The average molecular weight is 324 g/mol. The highest BCUT2D eigenvalue weighted by Gasteiger charge is 2.18. The molecular weight excluding hydrogens is 304 g/mol. The maximum Gasteiger partial charge on any atom is 0.242 e. The monoisotopic (exact) mass is 324 g/mol. The molecule has 0 fully saturated rings. The Balaban J connectivity index is 2.27. The molecule has 1 aromatic heterocycles. The molecular formula is C15H20N2O2S2. The van der Waals surface area contributed by atoms with Crippen LogP contribution >= 0.6 is 11.3 Å². The fourth-order valence-electron chi connectivity index (χ4n) is 2.05. The number of benzene rings is 1. The minimum Gasteiger partial charge on any atom is -0.377 e. The van der Waals surface area contributed by atoms with Crippen molar-refractivity contribution >= 4 is 27.0 Å². The zero-order valence-electron chi connectivity index (χ0n) is 12.4. The Morgan fingerprint density at radius 2 is 1.90 bits per heavy atom. The molecule has 114 valence electrons. The summed E-state index contributed by atoms with van der Waals surface area (Å²) in [5, 5.41) is 3.30. The maximum atomic E-state index is 12.0. The topological polar surface area (TPSA) is 58.2 Å². The summed E-state index contributed by atoms with van der Waals surface area (Å²) in [5.41, 5.74) is 0.616. The van der Waals surface area contributed by atoms with Crippen LogP contribution in [0.1, 0.15) is 29.6 Å². The summed E-state index contributed by atoms with van der Waals surface area (Å²) in [5.74, 6) is 0. The molecule has 0 amide bonds. The fraction of sp³-hybridized carbons (Fsp3) is 0.333. The van der Waals surface area contributed by atoms with Gasteiger partial charge in [0.25, 0.3) is 0 Å². The van der Waals surface area contributed by atoms with Crippen molar-refractivity contribution in [1.29, 1.82) is 0 Å². The van der Waals surface area contributed by atoms with Crippen LogP contribution < -0.4 is 10.0 Å². The Hall–Kier alpha value is -1.37. The Morgan fingerprint density at radius 1 is 1.19 bits per heavy atom. The van der Waals surface area contributed by atoms with E-state index in [-0.39, 0.29) is 10.9 Å². The third kappa shape index (κ3) is 3.64. The molecule has 0 saturated carbocycles. The summed E-state index contributed by atoms with van der Waals surface area (Å²) in [7, 11) is -2.05. The summed E-state index contributed by atoms with van der Waals surface area (Å²) >= 11 is 1.75. The fourth-order valence-corrected chi connectivity index (χ4v) is 3.90. The van der Waals surface area contributed by atoms with E-state index in [1.165, 1.54) is 16.8 Å². The molecule has 0 spiro atoms. The number of sulfonamides is 1. The zero-order valence-corrected chi connectivity index (χ0v) is 14.0. The van der Waals surface area contributed by atoms with Crippen LogP contribution in [-0.4, -0.2) is 15.5 Å². The Kier molecular flexibility index (Phi) is 5.03. The molecule has 0 aliphatic rings. The minimum atomic E-state index is -3.47. The van der Waals surface area contributed by atoms with Crippen LogP contribution in [-0.2, 0) is 16.4 Å². The molecule has 0 aliphatic heterocycles. The molecule has 6 heteroatoms. The Bertz CT molecular complexity index is 708. The first kappa shape index (κ1) is 16.0. The lowest BCUT2D eigenvalue weighted by atomic mass is 10.2. The van der Waals surface area contributed by atoms with Gasteiger partial charge in [-0.2, -0.15) is 0 Å². The third-order valence-corrected chi connectivity index (χ3v) is 6.16. The molecule has 0 aliphatic carbocycles. The Morgan fingerprint density at radius 3 is 2.52 bits per heavy atom. The van der Waals surface area contributed by atoms with Gasteiger partial charge in [-0.25, -0.2) is 13.1 Å². The van der Waals surface area contributed by atoms with Crippen molar-refractivity contribution in [3.05, 3.63) is 46.2 Å². The molecule has 2 aromatic rings. The van der Waals surface area contributed by atoms with E-state index in [4.69, 9.17) is 0 Å². The molecule has 0 saturated heterocycles. The summed E-state index contributed by atoms with van der Waals surface area (Å²) < 4.78 is 26.4. The largest absolute Gasteiger partial charge is 0.377 e. The summed E-state index contributed by atoms with van der Waals surface area (Å²) in [6.45, 7) is 4.16. The first-order valence-electron chi connectivity index (χ1n) is 6.85. The second-order valence-corrected chi connectivity index (χ2v) is 7.78. The number of aryl methyl sites for hydroxylation is 1. The van der Waals surface area contributed by atoms with E-state index in [0.717, 1.165) is 6.42 Å². The van der Waals surface area contributed by atoms with Gasteiger partial charge in [0, 0.05) is 9.75 Å². The number of nitrogens with one attached hydrogen (secondary N) is 2. The molecule has 21 heavy (non-hydrogen) atoms. The average Bonchev–Trinajstić information content (AvgIpc) is 2.96. The first-order chi connectivity index (χ1) is 9.97. The van der Waals surface area contributed by atoms with E-state index in [1.807, 2.05) is 13.0 Å². The second-order valence-electron chi connectivity index (χ2n) is 4.73. The lowest BCUT2D eigenvalue weighted by molar-refractivity contribution is 0.588. The van der Waals surface area contributed by atoms with Gasteiger partial charge in [-0.15, -0.1) is 11.3 Å². The SMILES string of the molecule is CCc1ccc(C(C)Nc2ccccc2S(=O)(=O)NC)s1. The number of rotatable bonds is 6. The summed E-state index contributed by atoms with van der Waals surface area (Å²) in [4.78, 5) is 2.80. The lowest BCUT2D eigenvalue weighted by Gasteiger charge is -2.17.